The number of anilines is 6. The first kappa shape index (κ1) is 36.7. The summed E-state index contributed by atoms with van der Waals surface area (Å²) in [6.07, 6.45) is 0. The minimum Gasteiger partial charge on any atom is -0.457 e. The van der Waals surface area contributed by atoms with Crippen molar-refractivity contribution >= 4 is 78.0 Å². The molecule has 1 aliphatic carbocycles. The molecular weight excluding hydrogens is 809 g/mol. The zero-order valence-corrected chi connectivity index (χ0v) is 35.6. The second-order valence-electron chi connectivity index (χ2n) is 17.2. The zero-order chi connectivity index (χ0) is 43.3. The van der Waals surface area contributed by atoms with Crippen LogP contribution >= 0.6 is 0 Å². The average Bonchev–Trinajstić information content (AvgIpc) is 4.03. The van der Waals surface area contributed by atoms with Crippen LogP contribution < -0.4 is 14.5 Å². The van der Waals surface area contributed by atoms with Gasteiger partial charge in [-0.15, -0.1) is 0 Å². The summed E-state index contributed by atoms with van der Waals surface area (Å²) in [7, 11) is 0. The Morgan fingerprint density at radius 1 is 0.303 bits per heavy atom. The Labute approximate surface area is 380 Å². The smallest absolute Gasteiger partial charge is 0.159 e. The molecule has 2 aromatic heterocycles. The summed E-state index contributed by atoms with van der Waals surface area (Å²) in [4.78, 5) is 4.58. The Morgan fingerprint density at radius 3 is 1.56 bits per heavy atom. The summed E-state index contributed by atoms with van der Waals surface area (Å²) in [6, 6.07) is 81.6. The highest BCUT2D eigenvalue weighted by Gasteiger charge is 2.51. The maximum absolute atomic E-state index is 7.17. The molecule has 0 saturated carbocycles. The third kappa shape index (κ3) is 5.22. The van der Waals surface area contributed by atoms with E-state index < -0.39 is 5.41 Å². The van der Waals surface area contributed by atoms with E-state index in [1.165, 1.54) is 22.3 Å². The third-order valence-electron chi connectivity index (χ3n) is 13.7. The van der Waals surface area contributed by atoms with Crippen LogP contribution in [-0.4, -0.2) is 0 Å². The molecule has 1 aliphatic heterocycles. The molecule has 0 N–H and O–H groups in total. The topological polar surface area (TPSA) is 42.0 Å². The highest BCUT2D eigenvalue weighted by molar-refractivity contribution is 6.11. The van der Waals surface area contributed by atoms with E-state index in [0.29, 0.717) is 0 Å². The Balaban J connectivity index is 1.00. The lowest BCUT2D eigenvalue weighted by Gasteiger charge is -2.40. The van der Waals surface area contributed by atoms with Crippen LogP contribution in [0.3, 0.4) is 0 Å². The fourth-order valence-corrected chi connectivity index (χ4v) is 10.9. The highest BCUT2D eigenvalue weighted by atomic mass is 16.5. The van der Waals surface area contributed by atoms with Gasteiger partial charge in [-0.25, -0.2) is 0 Å². The first-order valence-electron chi connectivity index (χ1n) is 22.4. The minimum atomic E-state index is -0.740. The number of furan rings is 2. The lowest BCUT2D eigenvalue weighted by Crippen LogP contribution is -2.32. The van der Waals surface area contributed by atoms with Crippen LogP contribution in [0.25, 0.3) is 55.0 Å². The number of ether oxygens (including phenoxy) is 1. The number of benzene rings is 10. The molecule has 0 amide bonds. The van der Waals surface area contributed by atoms with Gasteiger partial charge in [-0.3, -0.25) is 0 Å². The van der Waals surface area contributed by atoms with Crippen molar-refractivity contribution in [2.24, 2.45) is 0 Å². The molecule has 0 fully saturated rings. The molecule has 310 valence electrons. The molecule has 14 rings (SSSR count). The fourth-order valence-electron chi connectivity index (χ4n) is 10.9. The Bertz CT molecular complexity index is 3790. The number of para-hydroxylation sites is 5. The van der Waals surface area contributed by atoms with Crippen molar-refractivity contribution in [2.45, 2.75) is 5.41 Å². The van der Waals surface area contributed by atoms with Crippen LogP contribution in [0.5, 0.6) is 11.5 Å². The van der Waals surface area contributed by atoms with Crippen molar-refractivity contribution in [2.75, 3.05) is 9.80 Å². The molecule has 10 aromatic carbocycles. The Morgan fingerprint density at radius 2 is 0.848 bits per heavy atom. The SMILES string of the molecule is c1ccc(N(c2ccccc2)c2ccc3c(c2)oc2cc4c(cc23)Oc2ccc(N(c3ccccc3)c3cccc5c3oc3ccccc35)cc2C42c3ccccc3-c3ccccc32)cc1. The van der Waals surface area contributed by atoms with Crippen LogP contribution in [0, 0.1) is 0 Å². The average molecular weight is 847 g/mol. The van der Waals surface area contributed by atoms with E-state index in [2.05, 4.69) is 216 Å². The second-order valence-corrected chi connectivity index (χ2v) is 17.2. The van der Waals surface area contributed by atoms with Gasteiger partial charge in [-0.2, -0.15) is 0 Å². The van der Waals surface area contributed by atoms with E-state index in [1.54, 1.807) is 0 Å². The van der Waals surface area contributed by atoms with Gasteiger partial charge in [0, 0.05) is 67.2 Å². The van der Waals surface area contributed by atoms with E-state index in [4.69, 9.17) is 13.6 Å². The van der Waals surface area contributed by atoms with Crippen molar-refractivity contribution < 1.29 is 13.6 Å². The summed E-state index contributed by atoms with van der Waals surface area (Å²) in [5.74, 6) is 1.62. The van der Waals surface area contributed by atoms with Gasteiger partial charge in [0.15, 0.2) is 5.58 Å². The Hall–Kier alpha value is -8.80. The number of hydrogen-bond acceptors (Lipinski definition) is 5. The molecule has 0 saturated heterocycles. The number of hydrogen-bond donors (Lipinski definition) is 0. The van der Waals surface area contributed by atoms with Crippen molar-refractivity contribution in [3.05, 3.63) is 253 Å². The van der Waals surface area contributed by atoms with Crippen LogP contribution in [-0.2, 0) is 5.41 Å². The maximum atomic E-state index is 7.17. The van der Waals surface area contributed by atoms with E-state index in [1.807, 2.05) is 24.3 Å². The molecule has 5 nitrogen and oxygen atoms in total. The van der Waals surface area contributed by atoms with E-state index >= 15 is 0 Å². The number of fused-ring (bicyclic) bond motifs is 15. The van der Waals surface area contributed by atoms with Gasteiger partial charge in [0.2, 0.25) is 0 Å². The van der Waals surface area contributed by atoms with Crippen LogP contribution in [0.15, 0.2) is 239 Å². The monoisotopic (exact) mass is 846 g/mol. The van der Waals surface area contributed by atoms with Crippen LogP contribution in [0.4, 0.5) is 34.1 Å². The summed E-state index contributed by atoms with van der Waals surface area (Å²) < 4.78 is 20.9. The molecule has 12 aromatic rings. The van der Waals surface area contributed by atoms with Crippen molar-refractivity contribution in [3.8, 4) is 22.6 Å². The fraction of sp³-hybridized carbons (Fsp3) is 0.0164. The predicted octanol–water partition coefficient (Wildman–Crippen LogP) is 16.9. The largest absolute Gasteiger partial charge is 0.457 e. The van der Waals surface area contributed by atoms with E-state index in [0.717, 1.165) is 101 Å². The van der Waals surface area contributed by atoms with E-state index in [9.17, 15) is 0 Å². The van der Waals surface area contributed by atoms with Gasteiger partial charge in [0.1, 0.15) is 28.2 Å². The molecule has 0 radical (unpaired) electrons. The lowest BCUT2D eigenvalue weighted by molar-refractivity contribution is 0.437. The molecule has 3 heterocycles. The van der Waals surface area contributed by atoms with Crippen LogP contribution in [0.2, 0.25) is 0 Å². The van der Waals surface area contributed by atoms with Crippen molar-refractivity contribution in [3.63, 3.8) is 0 Å². The van der Waals surface area contributed by atoms with E-state index in [-0.39, 0.29) is 0 Å². The second kappa shape index (κ2) is 14.1. The Kier molecular flexibility index (Phi) is 7.83. The first-order chi connectivity index (χ1) is 32.7. The molecule has 0 bridgehead atoms. The third-order valence-corrected chi connectivity index (χ3v) is 13.7. The lowest BCUT2D eigenvalue weighted by atomic mass is 9.66. The molecule has 0 unspecified atom stereocenters. The minimum absolute atomic E-state index is 0.740. The van der Waals surface area contributed by atoms with Gasteiger partial charge in [-0.05, 0) is 113 Å². The van der Waals surface area contributed by atoms with Crippen LogP contribution in [0.1, 0.15) is 22.3 Å². The predicted molar refractivity (Wildman–Crippen MR) is 268 cm³/mol. The standard InChI is InChI=1S/C61H38N2O3/c1-4-17-39(18-5-1)62(40-19-6-2-7-20-40)43-31-33-47-49-37-59-53(38-58(49)65-57(47)36-43)61(50-27-13-10-23-44(50)45-24-11-14-28-51(45)61)52-35-42(32-34-56(52)64-59)63(41-21-8-3-9-22-41)54-29-16-26-48-46-25-12-15-30-55(46)66-60(48)54/h1-38H. The summed E-state index contributed by atoms with van der Waals surface area (Å²) >= 11 is 0. The summed E-state index contributed by atoms with van der Waals surface area (Å²) in [5.41, 5.74) is 15.6. The molecule has 2 aliphatic rings. The highest BCUT2D eigenvalue weighted by Crippen LogP contribution is 2.63. The molecule has 5 heteroatoms. The van der Waals surface area contributed by atoms with Gasteiger partial charge in [0.05, 0.1) is 11.1 Å². The molecule has 66 heavy (non-hydrogen) atoms. The van der Waals surface area contributed by atoms with Gasteiger partial charge in [0.25, 0.3) is 0 Å². The number of nitrogens with zero attached hydrogens (tertiary/aromatic N) is 2. The first-order valence-corrected chi connectivity index (χ1v) is 22.4. The maximum Gasteiger partial charge on any atom is 0.159 e. The van der Waals surface area contributed by atoms with Crippen molar-refractivity contribution in [1.82, 2.24) is 0 Å². The van der Waals surface area contributed by atoms with Crippen molar-refractivity contribution in [1.29, 1.82) is 0 Å². The zero-order valence-electron chi connectivity index (χ0n) is 35.6. The quantitative estimate of drug-likeness (QED) is 0.167. The van der Waals surface area contributed by atoms with Gasteiger partial charge >= 0.3 is 0 Å². The van der Waals surface area contributed by atoms with Gasteiger partial charge < -0.3 is 23.4 Å². The summed E-state index contributed by atoms with van der Waals surface area (Å²) in [6.45, 7) is 0. The van der Waals surface area contributed by atoms with Gasteiger partial charge in [-0.1, -0.05) is 133 Å². The molecular formula is C61H38N2O3. The molecule has 1 spiro atoms. The number of rotatable bonds is 6. The molecule has 0 atom stereocenters. The summed E-state index contributed by atoms with van der Waals surface area (Å²) in [5, 5.41) is 4.20. The normalized spacial score (nSPS) is 13.1.